The number of anilines is 1. The first-order chi connectivity index (χ1) is 9.12. The lowest BCUT2D eigenvalue weighted by atomic mass is 9.96. The van der Waals surface area contributed by atoms with Crippen LogP contribution in [0.3, 0.4) is 0 Å². The van der Waals surface area contributed by atoms with E-state index in [0.29, 0.717) is 5.69 Å². The normalized spacial score (nSPS) is 13.3. The summed E-state index contributed by atoms with van der Waals surface area (Å²) in [7, 11) is 0. The molecule has 0 saturated carbocycles. The Bertz CT molecular complexity index is 484. The Balaban J connectivity index is 3.16. The van der Waals surface area contributed by atoms with E-state index in [9.17, 15) is 14.3 Å². The van der Waals surface area contributed by atoms with E-state index in [1.807, 2.05) is 13.8 Å². The molecule has 0 aliphatic rings. The quantitative estimate of drug-likeness (QED) is 0.740. The number of nitrogens with zero attached hydrogens (tertiary/aromatic N) is 1. The summed E-state index contributed by atoms with van der Waals surface area (Å²) in [6.07, 6.45) is -0.221. The molecule has 0 unspecified atom stereocenters. The molecule has 1 amide bonds. The predicted molar refractivity (Wildman–Crippen MR) is 76.4 cm³/mol. The average Bonchev–Trinajstić information content (AvgIpc) is 2.26. The predicted octanol–water partition coefficient (Wildman–Crippen LogP) is 1.65. The van der Waals surface area contributed by atoms with Gasteiger partial charge in [-0.2, -0.15) is 0 Å². The number of hydrogen-bond acceptors (Lipinski definition) is 4. The van der Waals surface area contributed by atoms with Crippen LogP contribution in [0.4, 0.5) is 10.1 Å². The monoisotopic (exact) mass is 283 g/mol. The second kappa shape index (κ2) is 6.17. The van der Waals surface area contributed by atoms with Crippen molar-refractivity contribution in [3.05, 3.63) is 23.5 Å². The minimum atomic E-state index is -1.54. The number of alkyl halides is 1. The third-order valence-electron chi connectivity index (χ3n) is 2.86. The van der Waals surface area contributed by atoms with Gasteiger partial charge in [0.15, 0.2) is 0 Å². The van der Waals surface area contributed by atoms with Gasteiger partial charge in [0.05, 0.1) is 22.5 Å². The molecule has 0 aromatic carbocycles. The molecule has 1 rings (SSSR count). The first-order valence-electron chi connectivity index (χ1n) is 6.53. The Kier molecular flexibility index (Phi) is 5.05. The molecule has 1 aromatic heterocycles. The molecule has 1 atom stereocenters. The lowest BCUT2D eigenvalue weighted by Gasteiger charge is -2.23. The fourth-order valence-corrected chi connectivity index (χ4v) is 1.79. The number of hydrogen-bond donors (Lipinski definition) is 3. The van der Waals surface area contributed by atoms with Crippen LogP contribution in [0.25, 0.3) is 0 Å². The van der Waals surface area contributed by atoms with E-state index in [2.05, 4.69) is 10.3 Å². The second-order valence-corrected chi connectivity index (χ2v) is 5.67. The van der Waals surface area contributed by atoms with Crippen LogP contribution in [0.1, 0.15) is 43.7 Å². The van der Waals surface area contributed by atoms with Gasteiger partial charge in [0.25, 0.3) is 5.91 Å². The molecule has 1 aromatic rings. The van der Waals surface area contributed by atoms with Crippen molar-refractivity contribution in [3.63, 3.8) is 0 Å². The number of nitrogens with one attached hydrogen (secondary N) is 1. The van der Waals surface area contributed by atoms with Gasteiger partial charge >= 0.3 is 0 Å². The zero-order valence-corrected chi connectivity index (χ0v) is 12.3. The van der Waals surface area contributed by atoms with Crippen LogP contribution in [0.5, 0.6) is 0 Å². The average molecular weight is 283 g/mol. The Labute approximate surface area is 118 Å². The summed E-state index contributed by atoms with van der Waals surface area (Å²) in [6.45, 7) is 6.58. The van der Waals surface area contributed by atoms with E-state index in [-0.39, 0.29) is 23.7 Å². The van der Waals surface area contributed by atoms with Crippen LogP contribution >= 0.6 is 0 Å². The van der Waals surface area contributed by atoms with Gasteiger partial charge in [-0.05, 0) is 33.8 Å². The zero-order chi connectivity index (χ0) is 15.5. The van der Waals surface area contributed by atoms with Gasteiger partial charge < -0.3 is 16.2 Å². The molecule has 4 N–H and O–H groups in total. The fraction of sp³-hybridized carbons (Fsp3) is 0.571. The van der Waals surface area contributed by atoms with E-state index in [0.717, 1.165) is 0 Å². The number of amides is 1. The van der Waals surface area contributed by atoms with Gasteiger partial charge in [0, 0.05) is 18.7 Å². The Morgan fingerprint density at radius 2 is 2.15 bits per heavy atom. The maximum absolute atomic E-state index is 14.0. The Morgan fingerprint density at radius 1 is 1.55 bits per heavy atom. The molecule has 0 aliphatic heterocycles. The molecule has 20 heavy (non-hydrogen) atoms. The first kappa shape index (κ1) is 16.4. The van der Waals surface area contributed by atoms with Crippen molar-refractivity contribution < 1.29 is 14.3 Å². The number of aromatic nitrogens is 1. The highest BCUT2D eigenvalue weighted by Gasteiger charge is 2.29. The lowest BCUT2D eigenvalue weighted by Crippen LogP contribution is -2.35. The van der Waals surface area contributed by atoms with Gasteiger partial charge in [-0.25, -0.2) is 4.39 Å². The fourth-order valence-electron chi connectivity index (χ4n) is 1.79. The van der Waals surface area contributed by atoms with Crippen LogP contribution in [-0.2, 0) is 6.42 Å². The maximum atomic E-state index is 14.0. The second-order valence-electron chi connectivity index (χ2n) is 5.67. The number of halogens is 1. The van der Waals surface area contributed by atoms with E-state index >= 15 is 0 Å². The van der Waals surface area contributed by atoms with Gasteiger partial charge in [0.1, 0.15) is 6.17 Å². The third-order valence-corrected chi connectivity index (χ3v) is 2.86. The Morgan fingerprint density at radius 3 is 2.60 bits per heavy atom. The summed E-state index contributed by atoms with van der Waals surface area (Å²) in [5.74, 6) is -0.667. The van der Waals surface area contributed by atoms with Gasteiger partial charge in [-0.1, -0.05) is 0 Å². The summed E-state index contributed by atoms with van der Waals surface area (Å²) < 4.78 is 14.0. The number of aliphatic hydroxyl groups is 1. The standard InChI is InChI=1S/C14H22FN3O2/c1-8(2)18-9-5-6-17-10(12(9)13(16)19)7-11(15)14(3,4)20/h5-6,8,11,20H,7H2,1-4H3,(H2,16,19)(H,17,18)/t11-/m1/s1. The number of carbonyl (C=O) groups is 1. The molecule has 0 radical (unpaired) electrons. The highest BCUT2D eigenvalue weighted by molar-refractivity contribution is 5.99. The number of pyridine rings is 1. The highest BCUT2D eigenvalue weighted by atomic mass is 19.1. The zero-order valence-electron chi connectivity index (χ0n) is 12.3. The number of nitrogens with two attached hydrogens (primary N) is 1. The minimum Gasteiger partial charge on any atom is -0.387 e. The molecule has 5 nitrogen and oxygen atoms in total. The summed E-state index contributed by atoms with van der Waals surface area (Å²) in [5.41, 5.74) is 4.82. The van der Waals surface area contributed by atoms with Crippen molar-refractivity contribution in [1.82, 2.24) is 4.98 Å². The van der Waals surface area contributed by atoms with E-state index < -0.39 is 17.7 Å². The minimum absolute atomic E-state index is 0.0961. The first-order valence-corrected chi connectivity index (χ1v) is 6.53. The van der Waals surface area contributed by atoms with Crippen molar-refractivity contribution in [2.24, 2.45) is 5.73 Å². The summed E-state index contributed by atoms with van der Waals surface area (Å²) in [6, 6.07) is 1.72. The van der Waals surface area contributed by atoms with Crippen LogP contribution in [-0.4, -0.2) is 33.8 Å². The summed E-state index contributed by atoms with van der Waals surface area (Å²) >= 11 is 0. The van der Waals surface area contributed by atoms with Crippen molar-refractivity contribution in [3.8, 4) is 0 Å². The van der Waals surface area contributed by atoms with Crippen molar-refractivity contribution in [1.29, 1.82) is 0 Å². The molecule has 112 valence electrons. The van der Waals surface area contributed by atoms with Crippen LogP contribution in [0, 0.1) is 0 Å². The SMILES string of the molecule is CC(C)Nc1ccnc(C[C@@H](F)C(C)(C)O)c1C(N)=O. The Hall–Kier alpha value is -1.69. The van der Waals surface area contributed by atoms with Crippen LogP contribution in [0.2, 0.25) is 0 Å². The van der Waals surface area contributed by atoms with Crippen LogP contribution < -0.4 is 11.1 Å². The topological polar surface area (TPSA) is 88.2 Å². The smallest absolute Gasteiger partial charge is 0.252 e. The third kappa shape index (κ3) is 4.16. The van der Waals surface area contributed by atoms with Crippen molar-refractivity contribution >= 4 is 11.6 Å². The summed E-state index contributed by atoms with van der Waals surface area (Å²) in [5, 5.41) is 12.7. The molecule has 0 saturated heterocycles. The lowest BCUT2D eigenvalue weighted by molar-refractivity contribution is -0.00307. The molecule has 0 aliphatic carbocycles. The van der Waals surface area contributed by atoms with E-state index in [1.165, 1.54) is 20.0 Å². The molecule has 0 bridgehead atoms. The maximum Gasteiger partial charge on any atom is 0.252 e. The number of rotatable bonds is 6. The molecule has 0 spiro atoms. The van der Waals surface area contributed by atoms with Gasteiger partial charge in [-0.15, -0.1) is 0 Å². The largest absolute Gasteiger partial charge is 0.387 e. The highest BCUT2D eigenvalue weighted by Crippen LogP contribution is 2.23. The van der Waals surface area contributed by atoms with E-state index in [1.54, 1.807) is 6.07 Å². The van der Waals surface area contributed by atoms with Crippen LogP contribution in [0.15, 0.2) is 12.3 Å². The number of carbonyl (C=O) groups excluding carboxylic acids is 1. The molecule has 1 heterocycles. The van der Waals surface area contributed by atoms with Crippen molar-refractivity contribution in [2.75, 3.05) is 5.32 Å². The van der Waals surface area contributed by atoms with Gasteiger partial charge in [-0.3, -0.25) is 9.78 Å². The molecule has 6 heteroatoms. The molecular formula is C14H22FN3O2. The molecular weight excluding hydrogens is 261 g/mol. The molecule has 0 fully saturated rings. The van der Waals surface area contributed by atoms with E-state index in [4.69, 9.17) is 5.73 Å². The van der Waals surface area contributed by atoms with Crippen molar-refractivity contribution in [2.45, 2.75) is 51.9 Å². The summed E-state index contributed by atoms with van der Waals surface area (Å²) in [4.78, 5) is 15.6. The number of primary amides is 1. The van der Waals surface area contributed by atoms with Gasteiger partial charge in [0.2, 0.25) is 0 Å².